The summed E-state index contributed by atoms with van der Waals surface area (Å²) in [4.78, 5) is 22.1. The Morgan fingerprint density at radius 3 is 2.47 bits per heavy atom. The number of nitrogens with one attached hydrogen (secondary N) is 1. The largest absolute Gasteiger partial charge is 0.467 e. The lowest BCUT2D eigenvalue weighted by molar-refractivity contribution is -0.149. The second-order valence-electron chi connectivity index (χ2n) is 3.24. The summed E-state index contributed by atoms with van der Waals surface area (Å²) in [5.74, 6) is -0.499. The van der Waals surface area contributed by atoms with E-state index in [9.17, 15) is 9.59 Å². The van der Waals surface area contributed by atoms with E-state index < -0.39 is 11.5 Å². The Labute approximate surface area is 88.2 Å². The monoisotopic (exact) mass is 207 g/mol. The molecule has 1 rings (SSSR count). The lowest BCUT2D eigenvalue weighted by Crippen LogP contribution is -2.46. The number of carbonyl (C=O) groups excluding carboxylic acids is 2. The van der Waals surface area contributed by atoms with E-state index in [1.807, 2.05) is 6.07 Å². The molecule has 0 aliphatic rings. The van der Waals surface area contributed by atoms with Crippen LogP contribution in [0.15, 0.2) is 30.3 Å². The molecule has 0 saturated heterocycles. The summed E-state index contributed by atoms with van der Waals surface area (Å²) in [6.07, 6.45) is 0.490. The highest BCUT2D eigenvalue weighted by Gasteiger charge is 2.35. The van der Waals surface area contributed by atoms with Gasteiger partial charge < -0.3 is 10.1 Å². The number of amides is 1. The minimum absolute atomic E-state index is 0.490. The van der Waals surface area contributed by atoms with E-state index in [1.54, 1.807) is 31.2 Å². The van der Waals surface area contributed by atoms with Gasteiger partial charge in [0.15, 0.2) is 5.54 Å². The normalized spacial score (nSPS) is 13.7. The second-order valence-corrected chi connectivity index (χ2v) is 3.24. The number of methoxy groups -OCH3 is 1. The number of ether oxygens (including phenoxy) is 1. The number of carbonyl (C=O) groups is 2. The molecule has 0 fully saturated rings. The molecule has 1 N–H and O–H groups in total. The van der Waals surface area contributed by atoms with Gasteiger partial charge >= 0.3 is 5.97 Å². The average Bonchev–Trinajstić information content (AvgIpc) is 2.29. The van der Waals surface area contributed by atoms with Crippen LogP contribution < -0.4 is 5.32 Å². The molecule has 0 saturated carbocycles. The highest BCUT2D eigenvalue weighted by atomic mass is 16.5. The van der Waals surface area contributed by atoms with Crippen molar-refractivity contribution >= 4 is 12.4 Å². The van der Waals surface area contributed by atoms with Gasteiger partial charge in [0, 0.05) is 0 Å². The number of hydrogen-bond donors (Lipinski definition) is 1. The smallest absolute Gasteiger partial charge is 0.335 e. The maximum absolute atomic E-state index is 11.6. The molecular formula is C11H13NO3. The van der Waals surface area contributed by atoms with Gasteiger partial charge in [0.1, 0.15) is 0 Å². The maximum Gasteiger partial charge on any atom is 0.335 e. The van der Waals surface area contributed by atoms with Crippen molar-refractivity contribution < 1.29 is 14.3 Å². The molecule has 15 heavy (non-hydrogen) atoms. The lowest BCUT2D eigenvalue weighted by atomic mass is 9.92. The summed E-state index contributed by atoms with van der Waals surface area (Å²) in [5.41, 5.74) is -0.443. The fourth-order valence-corrected chi connectivity index (χ4v) is 1.35. The Morgan fingerprint density at radius 1 is 1.40 bits per heavy atom. The summed E-state index contributed by atoms with van der Waals surface area (Å²) < 4.78 is 4.66. The number of esters is 1. The van der Waals surface area contributed by atoms with Crippen LogP contribution >= 0.6 is 0 Å². The standard InChI is InChI=1S/C11H13NO3/c1-11(12-8-13,10(14)15-2)9-6-4-3-5-7-9/h3-8H,1-2H3,(H,12,13). The third kappa shape index (κ3) is 2.15. The summed E-state index contributed by atoms with van der Waals surface area (Å²) in [5, 5.41) is 2.47. The molecular weight excluding hydrogens is 194 g/mol. The minimum Gasteiger partial charge on any atom is -0.467 e. The number of benzene rings is 1. The topological polar surface area (TPSA) is 55.4 Å². The minimum atomic E-state index is -1.13. The van der Waals surface area contributed by atoms with Crippen LogP contribution in [0.2, 0.25) is 0 Å². The van der Waals surface area contributed by atoms with Crippen molar-refractivity contribution in [2.45, 2.75) is 12.5 Å². The fourth-order valence-electron chi connectivity index (χ4n) is 1.35. The molecule has 1 aromatic rings. The van der Waals surface area contributed by atoms with Crippen LogP contribution in [0.1, 0.15) is 12.5 Å². The zero-order valence-electron chi connectivity index (χ0n) is 8.69. The van der Waals surface area contributed by atoms with E-state index in [-0.39, 0.29) is 0 Å². The molecule has 0 heterocycles. The van der Waals surface area contributed by atoms with Crippen LogP contribution in [0.5, 0.6) is 0 Å². The van der Waals surface area contributed by atoms with E-state index in [1.165, 1.54) is 7.11 Å². The van der Waals surface area contributed by atoms with Gasteiger partial charge in [-0.1, -0.05) is 30.3 Å². The third-order valence-electron chi connectivity index (χ3n) is 2.29. The third-order valence-corrected chi connectivity index (χ3v) is 2.29. The van der Waals surface area contributed by atoms with Crippen molar-refractivity contribution in [3.63, 3.8) is 0 Å². The van der Waals surface area contributed by atoms with Crippen molar-refractivity contribution in [3.05, 3.63) is 35.9 Å². The highest BCUT2D eigenvalue weighted by molar-refractivity contribution is 5.84. The molecule has 1 aromatic carbocycles. The predicted octanol–water partition coefficient (Wildman–Crippen LogP) is 0.821. The number of hydrogen-bond acceptors (Lipinski definition) is 3. The van der Waals surface area contributed by atoms with E-state index in [4.69, 9.17) is 0 Å². The first kappa shape index (κ1) is 11.2. The van der Waals surface area contributed by atoms with Gasteiger partial charge in [0.05, 0.1) is 7.11 Å². The van der Waals surface area contributed by atoms with Crippen LogP contribution in [0, 0.1) is 0 Å². The average molecular weight is 207 g/mol. The first-order valence-electron chi connectivity index (χ1n) is 4.50. The SMILES string of the molecule is COC(=O)C(C)(NC=O)c1ccccc1. The summed E-state index contributed by atoms with van der Waals surface area (Å²) >= 11 is 0. The molecule has 1 atom stereocenters. The van der Waals surface area contributed by atoms with Gasteiger partial charge in [-0.15, -0.1) is 0 Å². The molecule has 4 nitrogen and oxygen atoms in total. The van der Waals surface area contributed by atoms with Crippen LogP contribution in [0.4, 0.5) is 0 Å². The quantitative estimate of drug-likeness (QED) is 0.587. The van der Waals surface area contributed by atoms with Crippen LogP contribution in [-0.4, -0.2) is 19.5 Å². The predicted molar refractivity (Wildman–Crippen MR) is 55.0 cm³/mol. The zero-order valence-corrected chi connectivity index (χ0v) is 8.69. The van der Waals surface area contributed by atoms with Crippen molar-refractivity contribution in [2.75, 3.05) is 7.11 Å². The first-order chi connectivity index (χ1) is 7.15. The van der Waals surface area contributed by atoms with Gasteiger partial charge in [-0.2, -0.15) is 0 Å². The van der Waals surface area contributed by atoms with Crippen molar-refractivity contribution in [3.8, 4) is 0 Å². The maximum atomic E-state index is 11.6. The van der Waals surface area contributed by atoms with Crippen molar-refractivity contribution in [1.82, 2.24) is 5.32 Å². The Bertz CT molecular complexity index is 350. The summed E-state index contributed by atoms with van der Waals surface area (Å²) in [6.45, 7) is 1.60. The molecule has 0 spiro atoms. The number of rotatable bonds is 4. The van der Waals surface area contributed by atoms with Crippen molar-refractivity contribution in [2.24, 2.45) is 0 Å². The highest BCUT2D eigenvalue weighted by Crippen LogP contribution is 2.21. The van der Waals surface area contributed by atoms with E-state index in [0.717, 1.165) is 0 Å². The van der Waals surface area contributed by atoms with E-state index >= 15 is 0 Å². The van der Waals surface area contributed by atoms with Crippen LogP contribution in [0.25, 0.3) is 0 Å². The van der Waals surface area contributed by atoms with Crippen molar-refractivity contribution in [1.29, 1.82) is 0 Å². The molecule has 0 aliphatic heterocycles. The van der Waals surface area contributed by atoms with Gasteiger partial charge in [0.2, 0.25) is 6.41 Å². The van der Waals surface area contributed by atoms with E-state index in [0.29, 0.717) is 12.0 Å². The first-order valence-corrected chi connectivity index (χ1v) is 4.50. The van der Waals surface area contributed by atoms with E-state index in [2.05, 4.69) is 10.1 Å². The Morgan fingerprint density at radius 2 is 2.00 bits per heavy atom. The van der Waals surface area contributed by atoms with Gasteiger partial charge in [-0.3, -0.25) is 4.79 Å². The molecule has 1 unspecified atom stereocenters. The Kier molecular flexibility index (Phi) is 3.44. The molecule has 0 aliphatic carbocycles. The van der Waals surface area contributed by atoms with Gasteiger partial charge in [0.25, 0.3) is 0 Å². The molecule has 4 heteroatoms. The molecule has 80 valence electrons. The van der Waals surface area contributed by atoms with Crippen LogP contribution in [0.3, 0.4) is 0 Å². The molecule has 0 radical (unpaired) electrons. The fraction of sp³-hybridized carbons (Fsp3) is 0.273. The molecule has 0 aromatic heterocycles. The summed E-state index contributed by atoms with van der Waals surface area (Å²) in [6, 6.07) is 8.94. The van der Waals surface area contributed by atoms with Gasteiger partial charge in [-0.05, 0) is 12.5 Å². The Balaban J connectivity index is 3.12. The summed E-state index contributed by atoms with van der Waals surface area (Å²) in [7, 11) is 1.29. The molecule has 1 amide bonds. The lowest BCUT2D eigenvalue weighted by Gasteiger charge is -2.26. The second kappa shape index (κ2) is 4.59. The van der Waals surface area contributed by atoms with Gasteiger partial charge in [-0.25, -0.2) is 4.79 Å². The Hall–Kier alpha value is -1.84. The zero-order chi connectivity index (χ0) is 11.3. The molecule has 0 bridgehead atoms. The van der Waals surface area contributed by atoms with Crippen LogP contribution in [-0.2, 0) is 19.9 Å².